The van der Waals surface area contributed by atoms with Gasteiger partial charge in [-0.2, -0.15) is 0 Å². The third-order valence-electron chi connectivity index (χ3n) is 6.81. The second-order valence-corrected chi connectivity index (χ2v) is 14.7. The monoisotopic (exact) mass is 653 g/mol. The van der Waals surface area contributed by atoms with Crippen LogP contribution in [0.2, 0.25) is 0 Å². The lowest BCUT2D eigenvalue weighted by Crippen LogP contribution is -2.71. The van der Waals surface area contributed by atoms with Crippen LogP contribution in [-0.4, -0.2) is 104 Å². The molecule has 14 nitrogen and oxygen atoms in total. The number of quaternary nitrogens is 1. The van der Waals surface area contributed by atoms with Gasteiger partial charge < -0.3 is 35.4 Å². The molecule has 1 saturated heterocycles. The average molecular weight is 654 g/mol. The zero-order chi connectivity index (χ0) is 30.3. The van der Waals surface area contributed by atoms with Crippen LogP contribution in [0.4, 0.5) is 5.13 Å². The number of rotatable bonds is 10. The zero-order valence-electron chi connectivity index (χ0n) is 22.7. The first-order valence-electron chi connectivity index (χ1n) is 12.6. The molecule has 3 aliphatic heterocycles. The molecule has 224 valence electrons. The van der Waals surface area contributed by atoms with E-state index in [9.17, 15) is 24.3 Å². The Morgan fingerprint density at radius 3 is 2.81 bits per heavy atom. The number of oxime groups is 1. The maximum atomic E-state index is 13.1. The number of amides is 2. The molecular formula is C24H27N7O7S4. The van der Waals surface area contributed by atoms with Gasteiger partial charge in [0.25, 0.3) is 11.8 Å². The fourth-order valence-corrected chi connectivity index (χ4v) is 9.03. The third-order valence-corrected chi connectivity index (χ3v) is 11.1. The van der Waals surface area contributed by atoms with Crippen LogP contribution in [0, 0.1) is 0 Å². The quantitative estimate of drug-likeness (QED) is 0.0996. The predicted octanol–water partition coefficient (Wildman–Crippen LogP) is -0.296. The van der Waals surface area contributed by atoms with Gasteiger partial charge in [-0.05, 0) is 12.5 Å². The van der Waals surface area contributed by atoms with Crippen molar-refractivity contribution in [1.29, 1.82) is 0 Å². The lowest BCUT2D eigenvalue weighted by molar-refractivity contribution is -0.905. The Morgan fingerprint density at radius 1 is 1.38 bits per heavy atom. The molecule has 4 N–H and O–H groups in total. The number of aromatic nitrogens is 2. The van der Waals surface area contributed by atoms with E-state index in [4.69, 9.17) is 20.7 Å². The van der Waals surface area contributed by atoms with E-state index in [-0.39, 0.29) is 22.2 Å². The Labute approximate surface area is 256 Å². The van der Waals surface area contributed by atoms with E-state index in [2.05, 4.69) is 29.6 Å². The molecular weight excluding hydrogens is 627 g/mol. The van der Waals surface area contributed by atoms with Crippen LogP contribution in [0.1, 0.15) is 23.2 Å². The molecule has 1 unspecified atom stereocenters. The molecule has 2 aromatic heterocycles. The largest absolute Gasteiger partial charge is 0.543 e. The highest BCUT2D eigenvalue weighted by molar-refractivity contribution is 8.01. The highest BCUT2D eigenvalue weighted by Crippen LogP contribution is 2.42. The smallest absolute Gasteiger partial charge is 0.347 e. The second kappa shape index (κ2) is 11.8. The van der Waals surface area contributed by atoms with Crippen molar-refractivity contribution >= 4 is 80.8 Å². The van der Waals surface area contributed by atoms with Gasteiger partial charge in [-0.3, -0.25) is 14.5 Å². The molecule has 0 saturated carbocycles. The number of carboxylic acid groups (broad SMARTS) is 2. The minimum atomic E-state index is -1.47. The van der Waals surface area contributed by atoms with Gasteiger partial charge in [0.2, 0.25) is 6.10 Å². The average Bonchev–Trinajstić information content (AvgIpc) is 3.54. The summed E-state index contributed by atoms with van der Waals surface area (Å²) in [5.41, 5.74) is 6.78. The van der Waals surface area contributed by atoms with Crippen molar-refractivity contribution in [2.45, 2.75) is 41.7 Å². The molecule has 0 bridgehead atoms. The first-order chi connectivity index (χ1) is 19.8. The molecule has 0 spiro atoms. The van der Waals surface area contributed by atoms with Gasteiger partial charge in [0, 0.05) is 23.3 Å². The molecule has 3 aliphatic rings. The van der Waals surface area contributed by atoms with Gasteiger partial charge in [-0.25, -0.2) is 14.8 Å². The number of thiazole rings is 2. The van der Waals surface area contributed by atoms with E-state index in [0.717, 1.165) is 50.3 Å². The van der Waals surface area contributed by atoms with Gasteiger partial charge in [0.1, 0.15) is 23.7 Å². The number of hydrogen-bond acceptors (Lipinski definition) is 14. The molecule has 0 aromatic carbocycles. The van der Waals surface area contributed by atoms with Crippen LogP contribution in [0.3, 0.4) is 0 Å². The number of hydrogen-bond donors (Lipinski definition) is 3. The molecule has 42 heavy (non-hydrogen) atoms. The first-order valence-corrected chi connectivity index (χ1v) is 16.4. The van der Waals surface area contributed by atoms with Gasteiger partial charge in [-0.15, -0.1) is 34.4 Å². The van der Waals surface area contributed by atoms with E-state index in [1.54, 1.807) is 11.3 Å². The van der Waals surface area contributed by atoms with Crippen LogP contribution in [0.15, 0.2) is 26.1 Å². The van der Waals surface area contributed by atoms with Crippen molar-refractivity contribution in [3.8, 4) is 0 Å². The molecule has 3 atom stereocenters. The van der Waals surface area contributed by atoms with Gasteiger partial charge in [0.15, 0.2) is 15.2 Å². The van der Waals surface area contributed by atoms with Crippen LogP contribution in [0.25, 0.3) is 0 Å². The fourth-order valence-electron chi connectivity index (χ4n) is 4.54. The van der Waals surface area contributed by atoms with Crippen molar-refractivity contribution in [3.63, 3.8) is 0 Å². The Balaban J connectivity index is 1.29. The van der Waals surface area contributed by atoms with Gasteiger partial charge in [0.05, 0.1) is 42.9 Å². The van der Waals surface area contributed by atoms with Crippen molar-refractivity contribution in [1.82, 2.24) is 20.2 Å². The van der Waals surface area contributed by atoms with Gasteiger partial charge in [-0.1, -0.05) is 16.9 Å². The van der Waals surface area contributed by atoms with Crippen molar-refractivity contribution in [2.24, 2.45) is 5.16 Å². The number of carbonyl (C=O) groups is 4. The van der Waals surface area contributed by atoms with E-state index in [1.165, 1.54) is 40.7 Å². The molecule has 2 amide bonds. The summed E-state index contributed by atoms with van der Waals surface area (Å²) in [4.78, 5) is 65.6. The summed E-state index contributed by atoms with van der Waals surface area (Å²) < 4.78 is 1.75. The number of anilines is 1. The summed E-state index contributed by atoms with van der Waals surface area (Å²) in [6.07, 6.45) is -0.460. The third kappa shape index (κ3) is 6.12. The number of likely N-dealkylation sites (N-methyl/N-ethyl adjacent to an activating group) is 1. The Bertz CT molecular complexity index is 1520. The van der Waals surface area contributed by atoms with Crippen LogP contribution in [0.5, 0.6) is 0 Å². The van der Waals surface area contributed by atoms with Crippen molar-refractivity contribution < 1.29 is 38.7 Å². The number of carboxylic acids is 2. The fraction of sp³-hybridized carbons (Fsp3) is 0.458. The van der Waals surface area contributed by atoms with Crippen LogP contribution in [-0.2, 0) is 37.0 Å². The normalized spacial score (nSPS) is 22.1. The summed E-state index contributed by atoms with van der Waals surface area (Å²) in [5, 5.41) is 28.4. The first kappa shape index (κ1) is 30.3. The lowest BCUT2D eigenvalue weighted by atomic mass is 10.0. The molecule has 5 rings (SSSR count). The number of carbonyl (C=O) groups excluding carboxylic acids is 3. The van der Waals surface area contributed by atoms with E-state index in [1.807, 2.05) is 0 Å². The molecule has 0 radical (unpaired) electrons. The molecule has 5 heterocycles. The van der Waals surface area contributed by atoms with Crippen LogP contribution >= 0.6 is 46.2 Å². The molecule has 2 aromatic rings. The Kier molecular flexibility index (Phi) is 8.53. The van der Waals surface area contributed by atoms with Gasteiger partial charge >= 0.3 is 5.97 Å². The summed E-state index contributed by atoms with van der Waals surface area (Å²) in [6, 6.07) is -1.06. The van der Waals surface area contributed by atoms with Crippen molar-refractivity contribution in [2.75, 3.05) is 37.9 Å². The van der Waals surface area contributed by atoms with E-state index >= 15 is 0 Å². The number of thioether (sulfide) groups is 2. The number of aliphatic carboxylic acids is 2. The van der Waals surface area contributed by atoms with E-state index < -0.39 is 41.3 Å². The van der Waals surface area contributed by atoms with E-state index in [0.29, 0.717) is 17.1 Å². The summed E-state index contributed by atoms with van der Waals surface area (Å²) in [5.74, 6) is -3.60. The van der Waals surface area contributed by atoms with Crippen LogP contribution < -0.4 is 16.2 Å². The standard InChI is InChI=1S/C24H27N7O7S4/c1-10(21(34)35)38-29-15(13-9-40-23(25)26-13)18(32)28-16-19(33)30-17(22(36)37)11(7-39-20(16)30)8-41-24-27-12-4-5-31(2,3)6-14(12)42-24/h9-10,16,20H,4-8H2,1-3H3,(H4-,25,26,28,32,34,35,36,37)/b29-15-/t10-,16?,20-/m0/s1. The number of fused-ring (bicyclic) bond motifs is 2. The summed E-state index contributed by atoms with van der Waals surface area (Å²) in [6.45, 7) is 3.14. The molecule has 0 aliphatic carbocycles. The number of nitrogens with one attached hydrogen (secondary N) is 1. The minimum Gasteiger partial charge on any atom is -0.543 e. The lowest BCUT2D eigenvalue weighted by Gasteiger charge is -2.50. The maximum absolute atomic E-state index is 13.1. The molecule has 1 fully saturated rings. The number of β-lactam (4-membered cyclic amide) rings is 1. The highest BCUT2D eigenvalue weighted by atomic mass is 32.2. The molecule has 18 heteroatoms. The highest BCUT2D eigenvalue weighted by Gasteiger charge is 2.53. The predicted molar refractivity (Wildman–Crippen MR) is 156 cm³/mol. The summed E-state index contributed by atoms with van der Waals surface area (Å²) in [7, 11) is 4.36. The second-order valence-electron chi connectivity index (χ2n) is 10.4. The maximum Gasteiger partial charge on any atom is 0.347 e. The SMILES string of the molecule is C[C@H](O/N=C(\C(=O)NC1C(=O)N2C(C(=O)[O-])=C(CSc3nc4c(s3)C[N+](C)(C)CC4)CS[C@@H]12)c1csc(N)n1)C(=O)O. The minimum absolute atomic E-state index is 0.0357. The number of nitrogens with two attached hydrogens (primary N) is 1. The Hall–Kier alpha value is -3.19. The summed E-state index contributed by atoms with van der Waals surface area (Å²) >= 11 is 5.41. The Morgan fingerprint density at radius 2 is 2.14 bits per heavy atom. The number of nitrogens with zero attached hydrogens (tertiary/aromatic N) is 5. The number of nitrogen functional groups attached to an aromatic ring is 1. The van der Waals surface area contributed by atoms with Crippen molar-refractivity contribution in [3.05, 3.63) is 32.9 Å². The zero-order valence-corrected chi connectivity index (χ0v) is 26.0. The topological polar surface area (TPSA) is 200 Å².